The number of aromatic nitrogens is 1. The Labute approximate surface area is 79.2 Å². The molecule has 1 aromatic heterocycles. The summed E-state index contributed by atoms with van der Waals surface area (Å²) in [5.41, 5.74) is 1.57. The second-order valence-corrected chi connectivity index (χ2v) is 3.25. The van der Waals surface area contributed by atoms with Crippen molar-refractivity contribution in [1.29, 1.82) is 0 Å². The van der Waals surface area contributed by atoms with E-state index in [9.17, 15) is 9.59 Å². The molecule has 2 rings (SSSR count). The van der Waals surface area contributed by atoms with Crippen molar-refractivity contribution >= 4 is 11.0 Å². The third kappa shape index (κ3) is 1.16. The maximum atomic E-state index is 11.5. The highest BCUT2D eigenvalue weighted by atomic mass is 16.4. The zero-order chi connectivity index (χ0) is 10.3. The molecule has 0 saturated heterocycles. The van der Waals surface area contributed by atoms with Gasteiger partial charge < -0.3 is 4.42 Å². The quantitative estimate of drug-likeness (QED) is 0.678. The third-order valence-corrected chi connectivity index (χ3v) is 2.20. The standard InChI is InChI=1S/C10H9NO3/c1-5-3-4-6(2)8-7(5)9(12)11-10(13)14-8/h3-4H,1-2H3,(H,11,12,13). The molecule has 1 heterocycles. The molecule has 0 saturated carbocycles. The number of rotatable bonds is 0. The molecule has 0 atom stereocenters. The number of benzene rings is 1. The van der Waals surface area contributed by atoms with E-state index >= 15 is 0 Å². The summed E-state index contributed by atoms with van der Waals surface area (Å²) in [4.78, 5) is 24.5. The van der Waals surface area contributed by atoms with Gasteiger partial charge in [0, 0.05) is 0 Å². The molecule has 0 amide bonds. The zero-order valence-electron chi connectivity index (χ0n) is 7.88. The summed E-state index contributed by atoms with van der Waals surface area (Å²) < 4.78 is 4.94. The number of aryl methyl sites for hydroxylation is 2. The van der Waals surface area contributed by atoms with Gasteiger partial charge in [0.2, 0.25) is 0 Å². The van der Waals surface area contributed by atoms with Gasteiger partial charge in [0.1, 0.15) is 5.58 Å². The van der Waals surface area contributed by atoms with Crippen molar-refractivity contribution in [1.82, 2.24) is 4.98 Å². The van der Waals surface area contributed by atoms with Crippen LogP contribution in [0.5, 0.6) is 0 Å². The van der Waals surface area contributed by atoms with Crippen molar-refractivity contribution in [3.63, 3.8) is 0 Å². The molecule has 72 valence electrons. The first-order valence-corrected chi connectivity index (χ1v) is 4.23. The van der Waals surface area contributed by atoms with Crippen molar-refractivity contribution in [3.8, 4) is 0 Å². The molecule has 14 heavy (non-hydrogen) atoms. The Hall–Kier alpha value is -1.84. The highest BCUT2D eigenvalue weighted by Crippen LogP contribution is 2.16. The van der Waals surface area contributed by atoms with Crippen LogP contribution in [0.15, 0.2) is 26.1 Å². The van der Waals surface area contributed by atoms with Crippen LogP contribution in [-0.2, 0) is 0 Å². The maximum absolute atomic E-state index is 11.5. The van der Waals surface area contributed by atoms with Gasteiger partial charge in [-0.3, -0.25) is 9.78 Å². The predicted molar refractivity (Wildman–Crippen MR) is 52.6 cm³/mol. The van der Waals surface area contributed by atoms with Gasteiger partial charge in [0.05, 0.1) is 5.39 Å². The van der Waals surface area contributed by atoms with Gasteiger partial charge in [-0.1, -0.05) is 12.1 Å². The van der Waals surface area contributed by atoms with Crippen molar-refractivity contribution < 1.29 is 4.42 Å². The number of fused-ring (bicyclic) bond motifs is 1. The van der Waals surface area contributed by atoms with E-state index in [1.54, 1.807) is 13.8 Å². The van der Waals surface area contributed by atoms with E-state index in [2.05, 4.69) is 4.98 Å². The Morgan fingerprint density at radius 1 is 1.14 bits per heavy atom. The minimum atomic E-state index is -0.712. The molecule has 0 fully saturated rings. The Kier molecular flexibility index (Phi) is 1.77. The molecule has 1 aromatic carbocycles. The normalized spacial score (nSPS) is 10.7. The van der Waals surface area contributed by atoms with Crippen molar-refractivity contribution in [2.45, 2.75) is 13.8 Å². The molecule has 2 aromatic rings. The van der Waals surface area contributed by atoms with Gasteiger partial charge in [0.15, 0.2) is 0 Å². The van der Waals surface area contributed by atoms with Crippen LogP contribution in [0.1, 0.15) is 11.1 Å². The monoisotopic (exact) mass is 191 g/mol. The average molecular weight is 191 g/mol. The predicted octanol–water partition coefficient (Wildman–Crippen LogP) is 1.10. The van der Waals surface area contributed by atoms with Crippen molar-refractivity contribution in [2.24, 2.45) is 0 Å². The fourth-order valence-electron chi connectivity index (χ4n) is 1.47. The second-order valence-electron chi connectivity index (χ2n) is 3.25. The number of aromatic amines is 1. The molecule has 1 N–H and O–H groups in total. The highest BCUT2D eigenvalue weighted by Gasteiger charge is 2.07. The lowest BCUT2D eigenvalue weighted by Gasteiger charge is -2.01. The fourth-order valence-corrected chi connectivity index (χ4v) is 1.47. The molecule has 0 bridgehead atoms. The van der Waals surface area contributed by atoms with E-state index in [0.29, 0.717) is 11.0 Å². The molecular formula is C10H9NO3. The Balaban J connectivity index is 3.16. The Bertz CT molecular complexity index is 607. The summed E-state index contributed by atoms with van der Waals surface area (Å²) in [6.07, 6.45) is 0. The third-order valence-electron chi connectivity index (χ3n) is 2.20. The van der Waals surface area contributed by atoms with Crippen LogP contribution in [0.4, 0.5) is 0 Å². The summed E-state index contributed by atoms with van der Waals surface area (Å²) >= 11 is 0. The van der Waals surface area contributed by atoms with Crippen molar-refractivity contribution in [3.05, 3.63) is 44.2 Å². The first-order chi connectivity index (χ1) is 6.59. The van der Waals surface area contributed by atoms with Gasteiger partial charge in [-0.05, 0) is 25.0 Å². The van der Waals surface area contributed by atoms with E-state index in [1.807, 2.05) is 12.1 Å². The smallest absolute Gasteiger partial charge is 0.409 e. The van der Waals surface area contributed by atoms with E-state index in [4.69, 9.17) is 4.42 Å². The van der Waals surface area contributed by atoms with E-state index in [1.165, 1.54) is 0 Å². The second kappa shape index (κ2) is 2.83. The van der Waals surface area contributed by atoms with E-state index in [0.717, 1.165) is 11.1 Å². The number of hydrogen-bond donors (Lipinski definition) is 1. The van der Waals surface area contributed by atoms with Crippen molar-refractivity contribution in [2.75, 3.05) is 0 Å². The lowest BCUT2D eigenvalue weighted by molar-refractivity contribution is 0.526. The number of nitrogens with one attached hydrogen (secondary N) is 1. The fraction of sp³-hybridized carbons (Fsp3) is 0.200. The molecule has 0 aliphatic heterocycles. The molecule has 0 spiro atoms. The molecule has 0 unspecified atom stereocenters. The van der Waals surface area contributed by atoms with Gasteiger partial charge >= 0.3 is 5.76 Å². The first kappa shape index (κ1) is 8.74. The molecule has 0 radical (unpaired) electrons. The molecular weight excluding hydrogens is 182 g/mol. The largest absolute Gasteiger partial charge is 0.419 e. The van der Waals surface area contributed by atoms with Crippen LogP contribution in [-0.4, -0.2) is 4.98 Å². The average Bonchev–Trinajstić information content (AvgIpc) is 2.10. The van der Waals surface area contributed by atoms with Gasteiger partial charge in [-0.15, -0.1) is 0 Å². The van der Waals surface area contributed by atoms with Crippen LogP contribution < -0.4 is 11.3 Å². The van der Waals surface area contributed by atoms with Gasteiger partial charge in [-0.2, -0.15) is 0 Å². The lowest BCUT2D eigenvalue weighted by Crippen LogP contribution is -2.19. The zero-order valence-corrected chi connectivity index (χ0v) is 7.88. The topological polar surface area (TPSA) is 63.1 Å². The summed E-state index contributed by atoms with van der Waals surface area (Å²) in [5, 5.41) is 0.449. The summed E-state index contributed by atoms with van der Waals surface area (Å²) in [5.74, 6) is -0.712. The van der Waals surface area contributed by atoms with Gasteiger partial charge in [-0.25, -0.2) is 4.79 Å². The minimum absolute atomic E-state index is 0.374. The van der Waals surface area contributed by atoms with Crippen LogP contribution in [0.3, 0.4) is 0 Å². The summed E-state index contributed by atoms with van der Waals surface area (Å²) in [6, 6.07) is 3.65. The van der Waals surface area contributed by atoms with E-state index in [-0.39, 0.29) is 0 Å². The van der Waals surface area contributed by atoms with Gasteiger partial charge in [0.25, 0.3) is 5.56 Å². The van der Waals surface area contributed by atoms with Crippen LogP contribution in [0.25, 0.3) is 11.0 Å². The SMILES string of the molecule is Cc1ccc(C)c2c(=O)[nH]c(=O)oc12. The maximum Gasteiger partial charge on any atom is 0.419 e. The molecule has 0 aliphatic rings. The molecule has 4 heteroatoms. The first-order valence-electron chi connectivity index (χ1n) is 4.23. The van der Waals surface area contributed by atoms with Crippen LogP contribution in [0.2, 0.25) is 0 Å². The van der Waals surface area contributed by atoms with Crippen LogP contribution >= 0.6 is 0 Å². The summed E-state index contributed by atoms with van der Waals surface area (Å²) in [7, 11) is 0. The molecule has 0 aliphatic carbocycles. The Morgan fingerprint density at radius 2 is 1.79 bits per heavy atom. The van der Waals surface area contributed by atoms with Crippen LogP contribution in [0, 0.1) is 13.8 Å². The lowest BCUT2D eigenvalue weighted by atomic mass is 10.1. The summed E-state index contributed by atoms with van der Waals surface area (Å²) in [6.45, 7) is 3.60. The Morgan fingerprint density at radius 3 is 2.50 bits per heavy atom. The highest BCUT2D eigenvalue weighted by molar-refractivity contribution is 5.81. The number of H-pyrrole nitrogens is 1. The van der Waals surface area contributed by atoms with E-state index < -0.39 is 11.3 Å². The molecule has 4 nitrogen and oxygen atoms in total. The minimum Gasteiger partial charge on any atom is -0.409 e. The number of hydrogen-bond acceptors (Lipinski definition) is 3.